The molecule has 0 aliphatic heterocycles. The van der Waals surface area contributed by atoms with Gasteiger partial charge in [0.05, 0.1) is 12.5 Å². The van der Waals surface area contributed by atoms with Gasteiger partial charge in [-0.2, -0.15) is 5.26 Å². The molecule has 1 rings (SSSR count). The summed E-state index contributed by atoms with van der Waals surface area (Å²) < 4.78 is 0. The molecule has 0 atom stereocenters. The van der Waals surface area contributed by atoms with Gasteiger partial charge in [-0.15, -0.1) is 0 Å². The monoisotopic (exact) mass is 288 g/mol. The van der Waals surface area contributed by atoms with Crippen LogP contribution in [-0.4, -0.2) is 35.0 Å². The fraction of sp³-hybridized carbons (Fsp3) is 0.438. The molecule has 5 nitrogen and oxygen atoms in total. The number of amides is 1. The fourth-order valence-electron chi connectivity index (χ4n) is 2.00. The van der Waals surface area contributed by atoms with E-state index < -0.39 is 5.97 Å². The van der Waals surface area contributed by atoms with Crippen LogP contribution in [0.4, 0.5) is 0 Å². The normalized spacial score (nSPS) is 9.86. The quantitative estimate of drug-likeness (QED) is 0.755. The topological polar surface area (TPSA) is 81.4 Å². The summed E-state index contributed by atoms with van der Waals surface area (Å²) in [5.41, 5.74) is 1.14. The van der Waals surface area contributed by atoms with Crippen molar-refractivity contribution in [2.45, 2.75) is 32.1 Å². The van der Waals surface area contributed by atoms with E-state index in [0.29, 0.717) is 25.9 Å². The van der Waals surface area contributed by atoms with Gasteiger partial charge in [0, 0.05) is 25.9 Å². The lowest BCUT2D eigenvalue weighted by Gasteiger charge is -2.21. The van der Waals surface area contributed by atoms with Crippen molar-refractivity contribution in [1.82, 2.24) is 4.90 Å². The summed E-state index contributed by atoms with van der Waals surface area (Å²) >= 11 is 0. The molecule has 0 saturated heterocycles. The van der Waals surface area contributed by atoms with Gasteiger partial charge in [-0.1, -0.05) is 30.3 Å². The Morgan fingerprint density at radius 2 is 1.86 bits per heavy atom. The maximum Gasteiger partial charge on any atom is 0.303 e. The standard InChI is InChI=1S/C16H20N2O3/c17-11-5-12-18(15(19)8-4-9-16(20)21)13-10-14-6-2-1-3-7-14/h1-3,6-7H,4-5,8-10,12-13H2,(H,20,21). The fourth-order valence-corrected chi connectivity index (χ4v) is 2.00. The van der Waals surface area contributed by atoms with E-state index in [0.717, 1.165) is 12.0 Å². The Hall–Kier alpha value is -2.35. The van der Waals surface area contributed by atoms with Crippen LogP contribution in [0.2, 0.25) is 0 Å². The van der Waals surface area contributed by atoms with E-state index in [1.807, 2.05) is 36.4 Å². The van der Waals surface area contributed by atoms with Gasteiger partial charge in [0.1, 0.15) is 0 Å². The van der Waals surface area contributed by atoms with Crippen LogP contribution < -0.4 is 0 Å². The Kier molecular flexibility index (Phi) is 7.59. The summed E-state index contributed by atoms with van der Waals surface area (Å²) in [4.78, 5) is 24.2. The highest BCUT2D eigenvalue weighted by Crippen LogP contribution is 2.06. The summed E-state index contributed by atoms with van der Waals surface area (Å²) in [5, 5.41) is 17.3. The number of aliphatic carboxylic acids is 1. The van der Waals surface area contributed by atoms with Gasteiger partial charge in [-0.05, 0) is 18.4 Å². The molecule has 0 aliphatic rings. The van der Waals surface area contributed by atoms with Gasteiger partial charge < -0.3 is 10.0 Å². The minimum atomic E-state index is -0.893. The molecule has 21 heavy (non-hydrogen) atoms. The predicted molar refractivity (Wildman–Crippen MR) is 78.4 cm³/mol. The molecule has 0 bridgehead atoms. The maximum absolute atomic E-state index is 12.1. The third-order valence-electron chi connectivity index (χ3n) is 3.14. The largest absolute Gasteiger partial charge is 0.481 e. The van der Waals surface area contributed by atoms with Crippen molar-refractivity contribution in [2.75, 3.05) is 13.1 Å². The van der Waals surface area contributed by atoms with E-state index in [9.17, 15) is 9.59 Å². The van der Waals surface area contributed by atoms with Crippen molar-refractivity contribution in [2.24, 2.45) is 0 Å². The van der Waals surface area contributed by atoms with Crippen LogP contribution in [0.25, 0.3) is 0 Å². The minimum Gasteiger partial charge on any atom is -0.481 e. The van der Waals surface area contributed by atoms with E-state index in [1.165, 1.54) is 0 Å². The minimum absolute atomic E-state index is 0.00346. The maximum atomic E-state index is 12.1. The van der Waals surface area contributed by atoms with Crippen LogP contribution >= 0.6 is 0 Å². The second-order valence-electron chi connectivity index (χ2n) is 4.77. The van der Waals surface area contributed by atoms with Crippen LogP contribution in [0.15, 0.2) is 30.3 Å². The zero-order chi connectivity index (χ0) is 15.5. The summed E-state index contributed by atoms with van der Waals surface area (Å²) in [5.74, 6) is -0.974. The van der Waals surface area contributed by atoms with Gasteiger partial charge in [0.25, 0.3) is 0 Å². The molecule has 0 heterocycles. The highest BCUT2D eigenvalue weighted by Gasteiger charge is 2.13. The number of carbonyl (C=O) groups is 2. The summed E-state index contributed by atoms with van der Waals surface area (Å²) in [6.07, 6.45) is 1.57. The number of benzene rings is 1. The number of carboxylic acid groups (broad SMARTS) is 1. The first-order chi connectivity index (χ1) is 10.1. The molecule has 1 aromatic rings. The number of rotatable bonds is 9. The van der Waals surface area contributed by atoms with Gasteiger partial charge in [-0.3, -0.25) is 9.59 Å². The van der Waals surface area contributed by atoms with Crippen molar-refractivity contribution in [3.8, 4) is 6.07 Å². The van der Waals surface area contributed by atoms with Crippen molar-refractivity contribution < 1.29 is 14.7 Å². The summed E-state index contributed by atoms with van der Waals surface area (Å²) in [7, 11) is 0. The molecule has 0 fully saturated rings. The van der Waals surface area contributed by atoms with Crippen LogP contribution in [-0.2, 0) is 16.0 Å². The molecule has 0 saturated carbocycles. The average molecular weight is 288 g/mol. The molecule has 0 aromatic heterocycles. The molecule has 112 valence electrons. The van der Waals surface area contributed by atoms with E-state index in [4.69, 9.17) is 10.4 Å². The van der Waals surface area contributed by atoms with Crippen molar-refractivity contribution in [1.29, 1.82) is 5.26 Å². The number of hydrogen-bond acceptors (Lipinski definition) is 3. The molecule has 0 radical (unpaired) electrons. The Morgan fingerprint density at radius 3 is 2.48 bits per heavy atom. The molecule has 0 spiro atoms. The van der Waals surface area contributed by atoms with Crippen LogP contribution in [0.1, 0.15) is 31.2 Å². The second kappa shape index (κ2) is 9.54. The van der Waals surface area contributed by atoms with Crippen molar-refractivity contribution in [3.63, 3.8) is 0 Å². The number of carboxylic acids is 1. The molecular weight excluding hydrogens is 268 g/mol. The first-order valence-electron chi connectivity index (χ1n) is 7.04. The number of carbonyl (C=O) groups excluding carboxylic acids is 1. The lowest BCUT2D eigenvalue weighted by atomic mass is 10.1. The van der Waals surface area contributed by atoms with Gasteiger partial charge in [0.15, 0.2) is 0 Å². The highest BCUT2D eigenvalue weighted by atomic mass is 16.4. The Morgan fingerprint density at radius 1 is 1.14 bits per heavy atom. The van der Waals surface area contributed by atoms with Gasteiger partial charge in [0.2, 0.25) is 5.91 Å². The Labute approximate surface area is 124 Å². The van der Waals surface area contributed by atoms with E-state index in [-0.39, 0.29) is 18.7 Å². The molecular formula is C16H20N2O3. The zero-order valence-corrected chi connectivity index (χ0v) is 12.0. The summed E-state index contributed by atoms with van der Waals surface area (Å²) in [6.45, 7) is 0.951. The van der Waals surface area contributed by atoms with Crippen LogP contribution in [0.3, 0.4) is 0 Å². The molecule has 1 N–H and O–H groups in total. The van der Waals surface area contributed by atoms with E-state index in [2.05, 4.69) is 0 Å². The van der Waals surface area contributed by atoms with E-state index >= 15 is 0 Å². The first kappa shape index (κ1) is 16.7. The van der Waals surface area contributed by atoms with Crippen LogP contribution in [0.5, 0.6) is 0 Å². The lowest BCUT2D eigenvalue weighted by molar-refractivity contribution is -0.137. The van der Waals surface area contributed by atoms with Gasteiger partial charge in [-0.25, -0.2) is 0 Å². The van der Waals surface area contributed by atoms with Crippen molar-refractivity contribution >= 4 is 11.9 Å². The molecule has 1 amide bonds. The lowest BCUT2D eigenvalue weighted by Crippen LogP contribution is -2.33. The summed E-state index contributed by atoms with van der Waals surface area (Å²) in [6, 6.07) is 11.9. The average Bonchev–Trinajstić information content (AvgIpc) is 2.48. The second-order valence-corrected chi connectivity index (χ2v) is 4.77. The molecule has 0 aliphatic carbocycles. The Balaban J connectivity index is 2.48. The predicted octanol–water partition coefficient (Wildman–Crippen LogP) is 2.23. The first-order valence-corrected chi connectivity index (χ1v) is 7.04. The number of hydrogen-bond donors (Lipinski definition) is 1. The molecule has 1 aromatic carbocycles. The SMILES string of the molecule is N#CCCN(CCc1ccccc1)C(=O)CCCC(=O)O. The smallest absolute Gasteiger partial charge is 0.303 e. The number of nitriles is 1. The Bertz CT molecular complexity index is 494. The van der Waals surface area contributed by atoms with Gasteiger partial charge >= 0.3 is 5.97 Å². The molecule has 5 heteroatoms. The molecule has 0 unspecified atom stereocenters. The van der Waals surface area contributed by atoms with E-state index in [1.54, 1.807) is 4.90 Å². The third-order valence-corrected chi connectivity index (χ3v) is 3.14. The third kappa shape index (κ3) is 7.11. The van der Waals surface area contributed by atoms with Crippen LogP contribution in [0, 0.1) is 11.3 Å². The highest BCUT2D eigenvalue weighted by molar-refractivity contribution is 5.77. The van der Waals surface area contributed by atoms with Crippen molar-refractivity contribution in [3.05, 3.63) is 35.9 Å². The number of nitrogens with zero attached hydrogens (tertiary/aromatic N) is 2. The zero-order valence-electron chi connectivity index (χ0n) is 12.0.